The van der Waals surface area contributed by atoms with Crippen LogP contribution in [0.4, 0.5) is 0 Å². The average Bonchev–Trinajstić information content (AvgIpc) is 1.18. The Morgan fingerprint density at radius 3 is 0.810 bits per heavy atom. The number of esters is 2. The second kappa shape index (κ2) is 85.6. The van der Waals surface area contributed by atoms with Crippen molar-refractivity contribution in [3.63, 3.8) is 0 Å². The Morgan fingerprint density at radius 1 is 0.295 bits per heavy atom. The number of quaternary nitrogens is 1. The van der Waals surface area contributed by atoms with E-state index in [1.165, 1.54) is 308 Å². The van der Waals surface area contributed by atoms with Gasteiger partial charge in [-0.15, -0.1) is 0 Å². The topological polar surface area (TPSA) is 108 Å². The first-order valence-corrected chi connectivity index (χ1v) is 45.1. The Labute approximate surface area is 651 Å². The summed E-state index contributed by atoms with van der Waals surface area (Å²) >= 11 is 0. The van der Waals surface area contributed by atoms with E-state index in [1.54, 1.807) is 0 Å². The van der Waals surface area contributed by atoms with Crippen LogP contribution in [-0.2, 0) is 33.3 Å². The van der Waals surface area contributed by atoms with Crippen LogP contribution in [0.15, 0.2) is 109 Å². The lowest BCUT2D eigenvalue weighted by molar-refractivity contribution is -0.870. The smallest absolute Gasteiger partial charge is 0.361 e. The van der Waals surface area contributed by atoms with E-state index in [4.69, 9.17) is 18.9 Å². The Morgan fingerprint density at radius 2 is 0.543 bits per heavy atom. The van der Waals surface area contributed by atoms with Crippen molar-refractivity contribution in [3.05, 3.63) is 109 Å². The van der Waals surface area contributed by atoms with Gasteiger partial charge in [0.1, 0.15) is 13.2 Å². The highest BCUT2D eigenvalue weighted by atomic mass is 16.7. The highest BCUT2D eigenvalue weighted by Gasteiger charge is 2.25. The number of hydrogen-bond donors (Lipinski definition) is 1. The predicted octanol–water partition coefficient (Wildman–Crippen LogP) is 29.6. The Balaban J connectivity index is 3.93. The molecule has 2 unspecified atom stereocenters. The molecular formula is C96H172NO8+. The van der Waals surface area contributed by atoms with Crippen LogP contribution in [0, 0.1) is 0 Å². The summed E-state index contributed by atoms with van der Waals surface area (Å²) in [5, 5.41) is 9.80. The minimum atomic E-state index is -1.51. The third-order valence-electron chi connectivity index (χ3n) is 20.0. The molecule has 0 aromatic carbocycles. The van der Waals surface area contributed by atoms with Gasteiger partial charge < -0.3 is 28.5 Å². The van der Waals surface area contributed by atoms with E-state index < -0.39 is 18.4 Å². The SMILES string of the molecule is CC/C=C\C/C=C\C/C=C\C/C=C\C/C=C\C/C=C\C/C=C\CCCCCCCCCCCCCCCCCCCCCC(=O)OC(COC(=O)CCCCCCCCCCCCCCCCCCCCCCCCCCCCC/C=C\C/C=C\CCCCCCC)COC(OCC[N+](C)(C)C)C(=O)O. The van der Waals surface area contributed by atoms with E-state index in [9.17, 15) is 19.5 Å². The molecule has 0 amide bonds. The van der Waals surface area contributed by atoms with E-state index in [-0.39, 0.29) is 38.2 Å². The fraction of sp³-hybridized carbons (Fsp3) is 0.781. The molecule has 9 nitrogen and oxygen atoms in total. The third-order valence-corrected chi connectivity index (χ3v) is 20.0. The molecule has 1 N–H and O–H groups in total. The Bertz CT molecular complexity index is 2110. The van der Waals surface area contributed by atoms with Crippen molar-refractivity contribution in [2.24, 2.45) is 0 Å². The van der Waals surface area contributed by atoms with Gasteiger partial charge in [0.25, 0.3) is 6.29 Å². The van der Waals surface area contributed by atoms with Gasteiger partial charge in [0, 0.05) is 12.8 Å². The second-order valence-electron chi connectivity index (χ2n) is 31.5. The van der Waals surface area contributed by atoms with Crippen LogP contribution in [0.1, 0.15) is 425 Å². The fourth-order valence-electron chi connectivity index (χ4n) is 13.2. The van der Waals surface area contributed by atoms with Gasteiger partial charge in [0.2, 0.25) is 0 Å². The summed E-state index contributed by atoms with van der Waals surface area (Å²) in [6.07, 6.45) is 119. The standard InChI is InChI=1S/C96H171NO8/c1-6-8-10-12-14-16-18-20-22-24-26-28-30-32-34-36-38-40-42-44-46-47-49-51-53-55-57-59-61-63-65-67-69-71-73-75-77-79-81-83-85-87-94(99)105-92(91-104-96(95(100)101)102-89-88-97(3,4)5)90-103-93(98)86-84-82-80-78-76-74-72-70-68-66-64-62-60-58-56-54-52-50-48-45-43-41-39-37-35-33-31-29-27-25-23-21-19-17-15-13-11-9-7-2/h8,10,14,16,19-22,25-28,32,34,38,40,44,46,92,96H,6-7,9,11-13,15,17-18,23-24,29-31,33,35-37,39,41-43,45,47-91H2,1-5H3/p+1/b10-8-,16-14-,21-19-,22-20-,27-25-,28-26-,34-32-,40-38-,46-44-. The van der Waals surface area contributed by atoms with E-state index in [0.717, 1.165) is 89.9 Å². The lowest BCUT2D eigenvalue weighted by Crippen LogP contribution is -2.40. The second-order valence-corrected chi connectivity index (χ2v) is 31.5. The zero-order valence-electron chi connectivity index (χ0n) is 69.9. The lowest BCUT2D eigenvalue weighted by atomic mass is 10.0. The van der Waals surface area contributed by atoms with Crippen molar-refractivity contribution in [3.8, 4) is 0 Å². The van der Waals surface area contributed by atoms with Gasteiger partial charge in [-0.25, -0.2) is 4.79 Å². The number of rotatable bonds is 84. The first-order chi connectivity index (χ1) is 51.6. The van der Waals surface area contributed by atoms with E-state index >= 15 is 0 Å². The van der Waals surface area contributed by atoms with Crippen molar-refractivity contribution in [2.45, 2.75) is 437 Å². The molecule has 0 saturated carbocycles. The van der Waals surface area contributed by atoms with Crippen LogP contribution in [0.3, 0.4) is 0 Å². The van der Waals surface area contributed by atoms with Crippen molar-refractivity contribution < 1.29 is 42.9 Å². The largest absolute Gasteiger partial charge is 0.477 e. The monoisotopic (exact) mass is 1470 g/mol. The van der Waals surface area contributed by atoms with Gasteiger partial charge in [0.15, 0.2) is 6.10 Å². The number of carbonyl (C=O) groups excluding carboxylic acids is 2. The van der Waals surface area contributed by atoms with Gasteiger partial charge in [-0.1, -0.05) is 419 Å². The van der Waals surface area contributed by atoms with Gasteiger partial charge in [-0.05, 0) is 103 Å². The molecule has 0 aliphatic rings. The molecule has 9 heteroatoms. The zero-order valence-corrected chi connectivity index (χ0v) is 69.9. The average molecular weight is 1470 g/mol. The summed E-state index contributed by atoms with van der Waals surface area (Å²) in [6, 6.07) is 0. The van der Waals surface area contributed by atoms with Crippen molar-refractivity contribution >= 4 is 17.9 Å². The maximum absolute atomic E-state index is 13.0. The van der Waals surface area contributed by atoms with Crippen molar-refractivity contribution in [2.75, 3.05) is 47.5 Å². The van der Waals surface area contributed by atoms with E-state index in [2.05, 4.69) is 123 Å². The molecular weight excluding hydrogens is 1300 g/mol. The molecule has 0 spiro atoms. The lowest BCUT2D eigenvalue weighted by Gasteiger charge is -2.25. The van der Waals surface area contributed by atoms with Crippen LogP contribution < -0.4 is 0 Å². The molecule has 0 heterocycles. The molecule has 0 saturated heterocycles. The molecule has 105 heavy (non-hydrogen) atoms. The zero-order chi connectivity index (χ0) is 76.0. The highest BCUT2D eigenvalue weighted by Crippen LogP contribution is 2.20. The Hall–Kier alpha value is -4.05. The summed E-state index contributed by atoms with van der Waals surface area (Å²) in [7, 11) is 6.00. The number of hydrogen-bond acceptors (Lipinski definition) is 7. The molecule has 0 aromatic heterocycles. The molecule has 2 atom stereocenters. The molecule has 0 aliphatic carbocycles. The van der Waals surface area contributed by atoms with Crippen LogP contribution in [0.5, 0.6) is 0 Å². The number of carboxylic acid groups (broad SMARTS) is 1. The minimum absolute atomic E-state index is 0.179. The maximum Gasteiger partial charge on any atom is 0.361 e. The number of carboxylic acids is 1. The normalized spacial score (nSPS) is 13.1. The number of aliphatic carboxylic acids is 1. The summed E-state index contributed by atoms with van der Waals surface area (Å²) in [5.41, 5.74) is 0. The predicted molar refractivity (Wildman–Crippen MR) is 456 cm³/mol. The Kier molecular flexibility index (Phi) is 82.3. The van der Waals surface area contributed by atoms with E-state index in [1.807, 2.05) is 21.1 Å². The first-order valence-electron chi connectivity index (χ1n) is 45.1. The number of unbranched alkanes of at least 4 members (excludes halogenated alkanes) is 51. The number of ether oxygens (including phenoxy) is 4. The van der Waals surface area contributed by atoms with E-state index in [0.29, 0.717) is 17.4 Å². The van der Waals surface area contributed by atoms with Gasteiger partial charge in [-0.2, -0.15) is 0 Å². The van der Waals surface area contributed by atoms with Crippen LogP contribution in [0.25, 0.3) is 0 Å². The number of likely N-dealkylation sites (N-methyl/N-ethyl adjacent to an activating group) is 1. The van der Waals surface area contributed by atoms with Gasteiger partial charge >= 0.3 is 17.9 Å². The van der Waals surface area contributed by atoms with Crippen molar-refractivity contribution in [1.82, 2.24) is 0 Å². The van der Waals surface area contributed by atoms with Gasteiger partial charge in [0.05, 0.1) is 34.4 Å². The van der Waals surface area contributed by atoms with Crippen LogP contribution in [0.2, 0.25) is 0 Å². The molecule has 0 aromatic rings. The summed E-state index contributed by atoms with van der Waals surface area (Å²) in [6.45, 7) is 4.81. The minimum Gasteiger partial charge on any atom is -0.477 e. The number of allylic oxidation sites excluding steroid dienone is 18. The summed E-state index contributed by atoms with van der Waals surface area (Å²) < 4.78 is 23.1. The highest BCUT2D eigenvalue weighted by molar-refractivity contribution is 5.71. The molecule has 0 radical (unpaired) electrons. The quantitative estimate of drug-likeness (QED) is 0.0211. The van der Waals surface area contributed by atoms with Crippen LogP contribution in [-0.4, -0.2) is 87.4 Å². The summed E-state index contributed by atoms with van der Waals surface area (Å²) in [4.78, 5) is 37.8. The molecule has 0 aliphatic heterocycles. The summed E-state index contributed by atoms with van der Waals surface area (Å²) in [5.74, 6) is -1.98. The van der Waals surface area contributed by atoms with Crippen molar-refractivity contribution in [1.29, 1.82) is 0 Å². The third kappa shape index (κ3) is 87.1. The van der Waals surface area contributed by atoms with Gasteiger partial charge in [-0.3, -0.25) is 9.59 Å². The maximum atomic E-state index is 13.0. The number of carbonyl (C=O) groups is 3. The molecule has 0 fully saturated rings. The molecule has 0 bridgehead atoms. The number of nitrogens with zero attached hydrogens (tertiary/aromatic N) is 1. The van der Waals surface area contributed by atoms with Crippen LogP contribution >= 0.6 is 0 Å². The fourth-order valence-corrected chi connectivity index (χ4v) is 13.2. The molecule has 608 valence electrons. The molecule has 0 rings (SSSR count). The first kappa shape index (κ1) is 101.